The van der Waals surface area contributed by atoms with Gasteiger partial charge in [-0.1, -0.05) is 18.2 Å². The molecule has 6 heteroatoms. The predicted molar refractivity (Wildman–Crippen MR) is 86.6 cm³/mol. The number of rotatable bonds is 5. The van der Waals surface area contributed by atoms with Crippen LogP contribution < -0.4 is 4.74 Å². The number of hydrogen-bond acceptors (Lipinski definition) is 5. The highest BCUT2D eigenvalue weighted by Crippen LogP contribution is 2.39. The smallest absolute Gasteiger partial charge is 0.409 e. The number of methoxy groups -OCH3 is 1. The van der Waals surface area contributed by atoms with E-state index in [1.54, 1.807) is 4.90 Å². The number of para-hydroxylation sites is 1. The van der Waals surface area contributed by atoms with E-state index in [9.17, 15) is 9.59 Å². The van der Waals surface area contributed by atoms with Crippen molar-refractivity contribution in [3.8, 4) is 5.75 Å². The molecule has 2 bridgehead atoms. The molecular formula is C18H23NO5. The second-order valence-corrected chi connectivity index (χ2v) is 6.30. The number of carbonyl (C=O) groups excluding carboxylic acids is 2. The van der Waals surface area contributed by atoms with Crippen molar-refractivity contribution in [2.45, 2.75) is 25.3 Å². The summed E-state index contributed by atoms with van der Waals surface area (Å²) in [5.74, 6) is 0.609. The van der Waals surface area contributed by atoms with Crippen molar-refractivity contribution in [3.05, 3.63) is 30.3 Å². The molecule has 6 nitrogen and oxygen atoms in total. The van der Waals surface area contributed by atoms with E-state index in [1.165, 1.54) is 7.11 Å². The van der Waals surface area contributed by atoms with Crippen LogP contribution in [0.5, 0.6) is 5.75 Å². The van der Waals surface area contributed by atoms with Gasteiger partial charge in [-0.15, -0.1) is 0 Å². The maximum Gasteiger partial charge on any atom is 0.409 e. The number of nitrogens with zero attached hydrogens (tertiary/aromatic N) is 1. The van der Waals surface area contributed by atoms with E-state index in [0.29, 0.717) is 19.1 Å². The number of amides is 1. The Morgan fingerprint density at radius 1 is 1.17 bits per heavy atom. The molecule has 0 unspecified atom stereocenters. The van der Waals surface area contributed by atoms with E-state index in [-0.39, 0.29) is 30.6 Å². The monoisotopic (exact) mass is 333 g/mol. The summed E-state index contributed by atoms with van der Waals surface area (Å²) in [6, 6.07) is 9.30. The molecule has 1 amide bonds. The molecule has 3 aliphatic rings. The summed E-state index contributed by atoms with van der Waals surface area (Å²) >= 11 is 0. The highest BCUT2D eigenvalue weighted by molar-refractivity contribution is 5.76. The standard InChI is InChI=1S/C18H23NO5/c1-22-18(21)19-12-13-7-8-16(19)15(11-13)17(20)24-10-9-23-14-5-3-2-4-6-14/h2-6,13,15-16H,7-12H2,1H3/t13-,15-,16+/m0/s1. The molecule has 1 saturated carbocycles. The minimum absolute atomic E-state index is 0.106. The lowest BCUT2D eigenvalue weighted by Gasteiger charge is -2.47. The van der Waals surface area contributed by atoms with E-state index in [0.717, 1.165) is 25.0 Å². The predicted octanol–water partition coefficient (Wildman–Crippen LogP) is 2.48. The van der Waals surface area contributed by atoms with Crippen molar-refractivity contribution >= 4 is 12.1 Å². The van der Waals surface area contributed by atoms with Gasteiger partial charge in [0.1, 0.15) is 19.0 Å². The Balaban J connectivity index is 1.48. The number of benzene rings is 1. The van der Waals surface area contributed by atoms with Crippen molar-refractivity contribution in [1.82, 2.24) is 4.90 Å². The number of carbonyl (C=O) groups is 2. The lowest BCUT2D eigenvalue weighted by molar-refractivity contribution is -0.156. The van der Waals surface area contributed by atoms with Crippen molar-refractivity contribution in [2.75, 3.05) is 26.9 Å². The van der Waals surface area contributed by atoms with Crippen LogP contribution in [0.3, 0.4) is 0 Å². The molecule has 24 heavy (non-hydrogen) atoms. The average Bonchev–Trinajstić information content (AvgIpc) is 2.65. The van der Waals surface area contributed by atoms with Crippen molar-refractivity contribution in [1.29, 1.82) is 0 Å². The fraction of sp³-hybridized carbons (Fsp3) is 0.556. The van der Waals surface area contributed by atoms with Gasteiger partial charge in [-0.2, -0.15) is 0 Å². The van der Waals surface area contributed by atoms with E-state index in [2.05, 4.69) is 0 Å². The summed E-state index contributed by atoms with van der Waals surface area (Å²) in [6.07, 6.45) is 2.32. The van der Waals surface area contributed by atoms with Gasteiger partial charge in [0.05, 0.1) is 13.0 Å². The zero-order chi connectivity index (χ0) is 16.9. The maximum absolute atomic E-state index is 12.4. The molecule has 0 N–H and O–H groups in total. The summed E-state index contributed by atoms with van der Waals surface area (Å²) in [7, 11) is 1.37. The molecular weight excluding hydrogens is 310 g/mol. The zero-order valence-corrected chi connectivity index (χ0v) is 13.8. The molecule has 0 radical (unpaired) electrons. The zero-order valence-electron chi connectivity index (χ0n) is 13.8. The fourth-order valence-electron chi connectivity index (χ4n) is 3.70. The molecule has 0 spiro atoms. The largest absolute Gasteiger partial charge is 0.490 e. The molecule has 2 heterocycles. The number of ether oxygens (including phenoxy) is 3. The van der Waals surface area contributed by atoms with Gasteiger partial charge in [0.2, 0.25) is 0 Å². The van der Waals surface area contributed by atoms with E-state index >= 15 is 0 Å². The number of hydrogen-bond donors (Lipinski definition) is 0. The summed E-state index contributed by atoms with van der Waals surface area (Å²) in [5, 5.41) is 0. The molecule has 2 aliphatic heterocycles. The average molecular weight is 333 g/mol. The Morgan fingerprint density at radius 2 is 1.96 bits per heavy atom. The highest BCUT2D eigenvalue weighted by Gasteiger charge is 2.46. The van der Waals surface area contributed by atoms with Gasteiger partial charge < -0.3 is 19.1 Å². The van der Waals surface area contributed by atoms with Gasteiger partial charge in [-0.3, -0.25) is 4.79 Å². The molecule has 0 aromatic heterocycles. The number of fused-ring (bicyclic) bond motifs is 3. The molecule has 1 aromatic rings. The van der Waals surface area contributed by atoms with Crippen LogP contribution in [-0.2, 0) is 14.3 Å². The van der Waals surface area contributed by atoms with Crippen LogP contribution in [0.25, 0.3) is 0 Å². The summed E-state index contributed by atoms with van der Waals surface area (Å²) < 4.78 is 15.7. The normalized spacial score (nSPS) is 25.2. The van der Waals surface area contributed by atoms with Gasteiger partial charge in [-0.25, -0.2) is 4.79 Å². The lowest BCUT2D eigenvalue weighted by atomic mass is 9.73. The van der Waals surface area contributed by atoms with Crippen LogP contribution in [0.1, 0.15) is 19.3 Å². The van der Waals surface area contributed by atoms with Gasteiger partial charge >= 0.3 is 12.1 Å². The molecule has 3 fully saturated rings. The van der Waals surface area contributed by atoms with Gasteiger partial charge in [0.25, 0.3) is 0 Å². The minimum atomic E-state index is -0.352. The third-order valence-corrected chi connectivity index (χ3v) is 4.83. The molecule has 130 valence electrons. The topological polar surface area (TPSA) is 65.1 Å². The molecule has 3 atom stereocenters. The van der Waals surface area contributed by atoms with Crippen LogP contribution in [0.15, 0.2) is 30.3 Å². The number of piperidine rings is 2. The van der Waals surface area contributed by atoms with Crippen molar-refractivity contribution < 1.29 is 23.8 Å². The van der Waals surface area contributed by atoms with Gasteiger partial charge in [0.15, 0.2) is 0 Å². The fourth-order valence-corrected chi connectivity index (χ4v) is 3.70. The molecule has 1 aliphatic carbocycles. The van der Waals surface area contributed by atoms with E-state index in [4.69, 9.17) is 14.2 Å². The van der Waals surface area contributed by atoms with Crippen LogP contribution in [0, 0.1) is 11.8 Å². The van der Waals surface area contributed by atoms with Crippen LogP contribution in [0.4, 0.5) is 4.79 Å². The number of esters is 1. The second-order valence-electron chi connectivity index (χ2n) is 6.30. The van der Waals surface area contributed by atoms with Crippen LogP contribution in [0.2, 0.25) is 0 Å². The Morgan fingerprint density at radius 3 is 2.67 bits per heavy atom. The van der Waals surface area contributed by atoms with Gasteiger partial charge in [0, 0.05) is 12.6 Å². The molecule has 2 saturated heterocycles. The quantitative estimate of drug-likeness (QED) is 0.612. The Kier molecular flexibility index (Phi) is 5.23. The Bertz CT molecular complexity index is 576. The van der Waals surface area contributed by atoms with Crippen LogP contribution in [-0.4, -0.2) is 49.9 Å². The van der Waals surface area contributed by atoms with Gasteiger partial charge in [-0.05, 0) is 37.3 Å². The van der Waals surface area contributed by atoms with E-state index < -0.39 is 0 Å². The van der Waals surface area contributed by atoms with Crippen molar-refractivity contribution in [3.63, 3.8) is 0 Å². The highest BCUT2D eigenvalue weighted by atomic mass is 16.6. The summed E-state index contributed by atoms with van der Waals surface area (Å²) in [4.78, 5) is 26.0. The van der Waals surface area contributed by atoms with Crippen LogP contribution >= 0.6 is 0 Å². The van der Waals surface area contributed by atoms with E-state index in [1.807, 2.05) is 30.3 Å². The Hall–Kier alpha value is -2.24. The third kappa shape index (κ3) is 3.63. The molecule has 4 rings (SSSR count). The first-order valence-corrected chi connectivity index (χ1v) is 8.38. The molecule has 1 aromatic carbocycles. The SMILES string of the molecule is COC(=O)N1C[C@H]2CC[C@@H]1[C@@H](C(=O)OCCOc1ccccc1)C2. The minimum Gasteiger partial charge on any atom is -0.490 e. The first kappa shape index (κ1) is 16.6. The lowest BCUT2D eigenvalue weighted by Crippen LogP contribution is -2.57. The first-order valence-electron chi connectivity index (χ1n) is 8.38. The Labute approximate surface area is 141 Å². The summed E-state index contributed by atoms with van der Waals surface area (Å²) in [5.41, 5.74) is 0. The van der Waals surface area contributed by atoms with Crippen molar-refractivity contribution in [2.24, 2.45) is 11.8 Å². The second kappa shape index (κ2) is 7.55. The third-order valence-electron chi connectivity index (χ3n) is 4.83. The summed E-state index contributed by atoms with van der Waals surface area (Å²) in [6.45, 7) is 1.20. The first-order chi connectivity index (χ1) is 11.7. The maximum atomic E-state index is 12.4.